The van der Waals surface area contributed by atoms with Crippen LogP contribution in [0.3, 0.4) is 0 Å². The van der Waals surface area contributed by atoms with E-state index in [0.717, 1.165) is 50.6 Å². The number of aromatic nitrogens is 1. The summed E-state index contributed by atoms with van der Waals surface area (Å²) in [7, 11) is 0. The molecule has 2 atom stereocenters. The summed E-state index contributed by atoms with van der Waals surface area (Å²) < 4.78 is 5.88. The minimum Gasteiger partial charge on any atom is -0.437 e. The van der Waals surface area contributed by atoms with Crippen LogP contribution in [0.1, 0.15) is 53.5 Å². The topological polar surface area (TPSA) is 49.6 Å². The van der Waals surface area contributed by atoms with Gasteiger partial charge in [-0.3, -0.25) is 9.69 Å². The van der Waals surface area contributed by atoms with Crippen molar-refractivity contribution in [3.63, 3.8) is 0 Å². The SMILES string of the molecule is Cc1ccccc1CN1CCc2oc(C(=O)N3CC(C)CC(C)C3)nc2C1. The number of benzene rings is 1. The summed E-state index contributed by atoms with van der Waals surface area (Å²) in [5.41, 5.74) is 3.58. The highest BCUT2D eigenvalue weighted by molar-refractivity contribution is 5.89. The molecule has 4 rings (SSSR count). The van der Waals surface area contributed by atoms with Crippen LogP contribution in [-0.4, -0.2) is 40.3 Å². The molecule has 1 saturated heterocycles. The predicted molar refractivity (Wildman–Crippen MR) is 104 cm³/mol. The predicted octanol–water partition coefficient (Wildman–Crippen LogP) is 3.66. The van der Waals surface area contributed by atoms with E-state index in [1.165, 1.54) is 17.5 Å². The highest BCUT2D eigenvalue weighted by Crippen LogP contribution is 2.25. The van der Waals surface area contributed by atoms with Crippen LogP contribution in [0.25, 0.3) is 0 Å². The fourth-order valence-electron chi connectivity index (χ4n) is 4.47. The minimum atomic E-state index is -0.0479. The number of amides is 1. The molecule has 1 aromatic carbocycles. The van der Waals surface area contributed by atoms with E-state index in [2.05, 4.69) is 54.9 Å². The molecule has 2 aromatic rings. The van der Waals surface area contributed by atoms with Crippen molar-refractivity contribution >= 4 is 5.91 Å². The van der Waals surface area contributed by atoms with E-state index in [1.54, 1.807) is 0 Å². The van der Waals surface area contributed by atoms with Crippen molar-refractivity contribution in [1.29, 1.82) is 0 Å². The van der Waals surface area contributed by atoms with Crippen LogP contribution >= 0.6 is 0 Å². The molecule has 1 amide bonds. The number of hydrogen-bond acceptors (Lipinski definition) is 4. The Morgan fingerprint density at radius 2 is 1.96 bits per heavy atom. The van der Waals surface area contributed by atoms with Gasteiger partial charge in [-0.05, 0) is 36.3 Å². The molecule has 2 aliphatic heterocycles. The molecule has 0 aliphatic carbocycles. The van der Waals surface area contributed by atoms with Crippen molar-refractivity contribution < 1.29 is 9.21 Å². The lowest BCUT2D eigenvalue weighted by molar-refractivity contribution is 0.0581. The lowest BCUT2D eigenvalue weighted by Gasteiger charge is -2.34. The second-order valence-corrected chi connectivity index (χ2v) is 8.43. The van der Waals surface area contributed by atoms with Gasteiger partial charge in [-0.1, -0.05) is 38.1 Å². The third-order valence-corrected chi connectivity index (χ3v) is 5.80. The van der Waals surface area contributed by atoms with Gasteiger partial charge in [0.1, 0.15) is 5.76 Å². The summed E-state index contributed by atoms with van der Waals surface area (Å²) in [6, 6.07) is 8.50. The Bertz CT molecular complexity index is 819. The number of piperidine rings is 1. The maximum absolute atomic E-state index is 12.9. The van der Waals surface area contributed by atoms with E-state index in [4.69, 9.17) is 4.42 Å². The molecule has 1 fully saturated rings. The first-order valence-electron chi connectivity index (χ1n) is 10.0. The molecular formula is C22H29N3O2. The second-order valence-electron chi connectivity index (χ2n) is 8.43. The highest BCUT2D eigenvalue weighted by Gasteiger charge is 2.31. The normalized spacial score (nSPS) is 23.3. The van der Waals surface area contributed by atoms with Crippen molar-refractivity contribution in [2.75, 3.05) is 19.6 Å². The van der Waals surface area contributed by atoms with Crippen LogP contribution in [0.2, 0.25) is 0 Å². The van der Waals surface area contributed by atoms with Gasteiger partial charge in [-0.2, -0.15) is 0 Å². The molecule has 5 nitrogen and oxygen atoms in total. The lowest BCUT2D eigenvalue weighted by Crippen LogP contribution is -2.42. The van der Waals surface area contributed by atoms with Crippen molar-refractivity contribution in [2.24, 2.45) is 11.8 Å². The Labute approximate surface area is 161 Å². The van der Waals surface area contributed by atoms with Crippen LogP contribution in [0.5, 0.6) is 0 Å². The number of fused-ring (bicyclic) bond motifs is 1. The van der Waals surface area contributed by atoms with E-state index in [-0.39, 0.29) is 11.8 Å². The summed E-state index contributed by atoms with van der Waals surface area (Å²) in [6.45, 7) is 10.8. The molecule has 0 bridgehead atoms. The molecular weight excluding hydrogens is 338 g/mol. The third kappa shape index (κ3) is 3.93. The fourth-order valence-corrected chi connectivity index (χ4v) is 4.47. The Hall–Kier alpha value is -2.14. The first-order valence-corrected chi connectivity index (χ1v) is 10.0. The van der Waals surface area contributed by atoms with Crippen LogP contribution < -0.4 is 0 Å². The molecule has 1 aromatic heterocycles. The Balaban J connectivity index is 1.45. The Morgan fingerprint density at radius 1 is 1.22 bits per heavy atom. The molecule has 2 unspecified atom stereocenters. The summed E-state index contributed by atoms with van der Waals surface area (Å²) in [5, 5.41) is 0. The number of carbonyl (C=O) groups is 1. The number of aryl methyl sites for hydroxylation is 1. The molecule has 0 spiro atoms. The van der Waals surface area contributed by atoms with Gasteiger partial charge in [0.15, 0.2) is 0 Å². The van der Waals surface area contributed by atoms with Crippen LogP contribution in [-0.2, 0) is 19.5 Å². The Kier molecular flexibility index (Phi) is 5.04. The molecule has 0 radical (unpaired) electrons. The average Bonchev–Trinajstić information content (AvgIpc) is 3.05. The van der Waals surface area contributed by atoms with Crippen molar-refractivity contribution in [3.05, 3.63) is 52.7 Å². The zero-order valence-corrected chi connectivity index (χ0v) is 16.6. The second kappa shape index (κ2) is 7.47. The van der Waals surface area contributed by atoms with Crippen molar-refractivity contribution in [1.82, 2.24) is 14.8 Å². The van der Waals surface area contributed by atoms with Gasteiger partial charge in [0, 0.05) is 39.1 Å². The van der Waals surface area contributed by atoms with E-state index >= 15 is 0 Å². The van der Waals surface area contributed by atoms with Gasteiger partial charge in [-0.25, -0.2) is 4.98 Å². The van der Waals surface area contributed by atoms with E-state index in [9.17, 15) is 4.79 Å². The number of nitrogens with zero attached hydrogens (tertiary/aromatic N) is 3. The van der Waals surface area contributed by atoms with Gasteiger partial charge in [0.2, 0.25) is 0 Å². The van der Waals surface area contributed by atoms with E-state index in [0.29, 0.717) is 11.8 Å². The first-order chi connectivity index (χ1) is 13.0. The third-order valence-electron chi connectivity index (χ3n) is 5.80. The van der Waals surface area contributed by atoms with E-state index in [1.807, 2.05) is 4.90 Å². The van der Waals surface area contributed by atoms with Gasteiger partial charge in [0.05, 0.1) is 5.69 Å². The largest absolute Gasteiger partial charge is 0.437 e. The molecule has 0 saturated carbocycles. The molecule has 27 heavy (non-hydrogen) atoms. The summed E-state index contributed by atoms with van der Waals surface area (Å²) in [4.78, 5) is 21.8. The van der Waals surface area contributed by atoms with Crippen LogP contribution in [0.4, 0.5) is 0 Å². The average molecular weight is 367 g/mol. The zero-order chi connectivity index (χ0) is 19.0. The number of likely N-dealkylation sites (tertiary alicyclic amines) is 1. The van der Waals surface area contributed by atoms with Gasteiger partial charge < -0.3 is 9.32 Å². The number of rotatable bonds is 3. The Morgan fingerprint density at radius 3 is 2.70 bits per heavy atom. The standard InChI is InChI=1S/C22H29N3O2/c1-15-10-16(2)12-25(11-15)22(26)21-23-19-14-24(9-8-20(19)27-21)13-18-7-5-4-6-17(18)3/h4-7,15-16H,8-14H2,1-3H3. The number of hydrogen-bond donors (Lipinski definition) is 0. The summed E-state index contributed by atoms with van der Waals surface area (Å²) in [5.74, 6) is 2.18. The van der Waals surface area contributed by atoms with Crippen LogP contribution in [0.15, 0.2) is 28.7 Å². The molecule has 0 N–H and O–H groups in total. The fraction of sp³-hybridized carbons (Fsp3) is 0.545. The quantitative estimate of drug-likeness (QED) is 0.831. The molecule has 3 heterocycles. The van der Waals surface area contributed by atoms with Crippen molar-refractivity contribution in [3.8, 4) is 0 Å². The monoisotopic (exact) mass is 367 g/mol. The van der Waals surface area contributed by atoms with Gasteiger partial charge >= 0.3 is 5.91 Å². The van der Waals surface area contributed by atoms with Gasteiger partial charge in [0.25, 0.3) is 5.89 Å². The van der Waals surface area contributed by atoms with Crippen molar-refractivity contribution in [2.45, 2.75) is 46.7 Å². The first kappa shape index (κ1) is 18.2. The van der Waals surface area contributed by atoms with Gasteiger partial charge in [-0.15, -0.1) is 0 Å². The molecule has 144 valence electrons. The minimum absolute atomic E-state index is 0.0479. The highest BCUT2D eigenvalue weighted by atomic mass is 16.4. The smallest absolute Gasteiger partial charge is 0.309 e. The maximum Gasteiger partial charge on any atom is 0.309 e. The number of oxazole rings is 1. The van der Waals surface area contributed by atoms with E-state index < -0.39 is 0 Å². The summed E-state index contributed by atoms with van der Waals surface area (Å²) in [6.07, 6.45) is 1.99. The zero-order valence-electron chi connectivity index (χ0n) is 16.6. The maximum atomic E-state index is 12.9. The molecule has 2 aliphatic rings. The number of carbonyl (C=O) groups excluding carboxylic acids is 1. The van der Waals surface area contributed by atoms with Crippen LogP contribution in [0, 0.1) is 18.8 Å². The summed E-state index contributed by atoms with van der Waals surface area (Å²) >= 11 is 0. The molecule has 5 heteroatoms. The lowest BCUT2D eigenvalue weighted by atomic mass is 9.92.